The standard InChI is InChI=1S/C9H8O4.C4H8O2S.C2H6OS/c1-5-2-3-6(8(10)11)4-7(5)9(12)13;5-7(6)3-1-2-4-7;1-4(2)3/h2-4H,1H3,(H,10,11)(H,12,13);1-4H2;1-2H3. The topological polar surface area (TPSA) is 132 Å². The zero-order chi connectivity index (χ0) is 18.9. The molecule has 2 N–H and O–H groups in total. The SMILES string of the molecule is C[S+](C)[O-].Cc1ccc(C(=O)O)cc1C(=O)O.O=S1(=O)CCCC1. The van der Waals surface area contributed by atoms with Gasteiger partial charge in [-0.3, -0.25) is 0 Å². The third kappa shape index (κ3) is 9.53. The molecule has 0 radical (unpaired) electrons. The molecule has 9 heteroatoms. The maximum atomic E-state index is 10.6. The van der Waals surface area contributed by atoms with E-state index < -0.39 is 33.0 Å². The van der Waals surface area contributed by atoms with Crippen molar-refractivity contribution in [1.82, 2.24) is 0 Å². The molecule has 1 aromatic rings. The van der Waals surface area contributed by atoms with Crippen LogP contribution in [0.25, 0.3) is 0 Å². The van der Waals surface area contributed by atoms with Crippen LogP contribution in [0.3, 0.4) is 0 Å². The Balaban J connectivity index is 0.000000401. The van der Waals surface area contributed by atoms with Crippen molar-refractivity contribution in [2.45, 2.75) is 19.8 Å². The number of carboxylic acid groups (broad SMARTS) is 2. The third-order valence-electron chi connectivity index (χ3n) is 2.88. The van der Waals surface area contributed by atoms with Crippen LogP contribution in [-0.2, 0) is 21.0 Å². The molecule has 1 aliphatic rings. The van der Waals surface area contributed by atoms with Gasteiger partial charge in [0.05, 0.1) is 35.1 Å². The van der Waals surface area contributed by atoms with Crippen LogP contribution in [0.5, 0.6) is 0 Å². The average molecular weight is 378 g/mol. The first-order chi connectivity index (χ1) is 11.0. The fourth-order valence-electron chi connectivity index (χ4n) is 1.73. The third-order valence-corrected chi connectivity index (χ3v) is 4.70. The van der Waals surface area contributed by atoms with Gasteiger partial charge in [-0.15, -0.1) is 0 Å². The van der Waals surface area contributed by atoms with Gasteiger partial charge in [0.2, 0.25) is 0 Å². The molecule has 1 fully saturated rings. The minimum absolute atomic E-state index is 0.0111. The Bertz CT molecular complexity index is 652. The Morgan fingerprint density at radius 2 is 1.54 bits per heavy atom. The molecular weight excluding hydrogens is 356 g/mol. The summed E-state index contributed by atoms with van der Waals surface area (Å²) >= 11 is -0.611. The molecule has 7 nitrogen and oxygen atoms in total. The molecule has 1 saturated heterocycles. The van der Waals surface area contributed by atoms with Gasteiger partial charge < -0.3 is 14.8 Å². The number of hydrogen-bond acceptors (Lipinski definition) is 5. The van der Waals surface area contributed by atoms with Crippen LogP contribution in [0.2, 0.25) is 0 Å². The van der Waals surface area contributed by atoms with E-state index in [0.717, 1.165) is 18.9 Å². The highest BCUT2D eigenvalue weighted by atomic mass is 32.2. The molecule has 0 saturated carbocycles. The number of sulfone groups is 1. The number of aromatic carboxylic acids is 2. The van der Waals surface area contributed by atoms with E-state index >= 15 is 0 Å². The highest BCUT2D eigenvalue weighted by Gasteiger charge is 2.16. The Morgan fingerprint density at radius 1 is 1.08 bits per heavy atom. The summed E-state index contributed by atoms with van der Waals surface area (Å²) in [4.78, 5) is 21.1. The summed E-state index contributed by atoms with van der Waals surface area (Å²) in [5.74, 6) is -1.39. The Morgan fingerprint density at radius 3 is 1.83 bits per heavy atom. The minimum Gasteiger partial charge on any atom is -0.617 e. The van der Waals surface area contributed by atoms with Gasteiger partial charge in [0, 0.05) is 0 Å². The fraction of sp³-hybridized carbons (Fsp3) is 0.467. The van der Waals surface area contributed by atoms with Gasteiger partial charge >= 0.3 is 11.9 Å². The minimum atomic E-state index is -2.55. The molecule has 0 spiro atoms. The largest absolute Gasteiger partial charge is 0.617 e. The number of benzene rings is 1. The number of carboxylic acids is 2. The summed E-state index contributed by atoms with van der Waals surface area (Å²) in [5.41, 5.74) is 0.570. The van der Waals surface area contributed by atoms with Gasteiger partial charge in [0.25, 0.3) is 0 Å². The van der Waals surface area contributed by atoms with E-state index in [1.807, 2.05) is 0 Å². The van der Waals surface area contributed by atoms with Gasteiger partial charge in [-0.05, 0) is 37.5 Å². The molecule has 136 valence electrons. The first-order valence-corrected chi connectivity index (χ1v) is 10.8. The molecule has 1 heterocycles. The van der Waals surface area contributed by atoms with E-state index in [0.29, 0.717) is 17.1 Å². The zero-order valence-corrected chi connectivity index (χ0v) is 15.4. The number of carbonyl (C=O) groups is 2. The molecule has 1 aromatic carbocycles. The molecule has 0 amide bonds. The van der Waals surface area contributed by atoms with Gasteiger partial charge in [0.1, 0.15) is 9.84 Å². The van der Waals surface area contributed by atoms with Crippen molar-refractivity contribution >= 4 is 33.0 Å². The zero-order valence-electron chi connectivity index (χ0n) is 13.8. The first kappa shape index (κ1) is 22.4. The second-order valence-corrected chi connectivity index (χ2v) is 9.03. The molecule has 0 bridgehead atoms. The first-order valence-electron chi connectivity index (χ1n) is 6.99. The molecule has 24 heavy (non-hydrogen) atoms. The van der Waals surface area contributed by atoms with E-state index in [9.17, 15) is 22.6 Å². The van der Waals surface area contributed by atoms with Gasteiger partial charge in [-0.2, -0.15) is 0 Å². The Labute approximate surface area is 144 Å². The summed E-state index contributed by atoms with van der Waals surface area (Å²) < 4.78 is 30.4. The van der Waals surface area contributed by atoms with Crippen LogP contribution in [0, 0.1) is 6.92 Å². The second kappa shape index (κ2) is 10.3. The molecule has 2 rings (SSSR count). The quantitative estimate of drug-likeness (QED) is 0.747. The Kier molecular flexibility index (Phi) is 9.64. The lowest BCUT2D eigenvalue weighted by molar-refractivity contribution is 0.0695. The van der Waals surface area contributed by atoms with Gasteiger partial charge in [-0.1, -0.05) is 17.2 Å². The number of aryl methyl sites for hydroxylation is 1. The summed E-state index contributed by atoms with van der Waals surface area (Å²) in [5, 5.41) is 17.3. The fourth-order valence-corrected chi connectivity index (χ4v) is 3.22. The van der Waals surface area contributed by atoms with Gasteiger partial charge in [0.15, 0.2) is 0 Å². The van der Waals surface area contributed by atoms with E-state index in [2.05, 4.69) is 0 Å². The lowest BCUT2D eigenvalue weighted by atomic mass is 10.1. The van der Waals surface area contributed by atoms with Crippen molar-refractivity contribution in [1.29, 1.82) is 0 Å². The van der Waals surface area contributed by atoms with Crippen LogP contribution in [0.4, 0.5) is 0 Å². The highest BCUT2D eigenvalue weighted by Crippen LogP contribution is 2.11. The summed E-state index contributed by atoms with van der Waals surface area (Å²) in [6.07, 6.45) is 5.03. The molecule has 0 aliphatic carbocycles. The molecule has 1 aliphatic heterocycles. The number of rotatable bonds is 2. The van der Waals surface area contributed by atoms with Crippen LogP contribution in [0.1, 0.15) is 39.1 Å². The summed E-state index contributed by atoms with van der Waals surface area (Å²) in [7, 11) is -2.55. The molecule has 0 aromatic heterocycles. The van der Waals surface area contributed by atoms with Crippen LogP contribution in [-0.4, -0.2) is 59.1 Å². The van der Waals surface area contributed by atoms with E-state index in [1.165, 1.54) is 12.1 Å². The van der Waals surface area contributed by atoms with Crippen molar-refractivity contribution in [3.63, 3.8) is 0 Å². The predicted octanol–water partition coefficient (Wildman–Crippen LogP) is 1.58. The van der Waals surface area contributed by atoms with Crippen molar-refractivity contribution < 1.29 is 32.8 Å². The van der Waals surface area contributed by atoms with E-state index in [1.54, 1.807) is 19.4 Å². The van der Waals surface area contributed by atoms with Gasteiger partial charge in [-0.25, -0.2) is 18.0 Å². The highest BCUT2D eigenvalue weighted by molar-refractivity contribution is 7.91. The number of hydrogen-bond donors (Lipinski definition) is 2. The van der Waals surface area contributed by atoms with Crippen LogP contribution < -0.4 is 0 Å². The van der Waals surface area contributed by atoms with E-state index in [-0.39, 0.29) is 11.1 Å². The summed E-state index contributed by atoms with van der Waals surface area (Å²) in [6.45, 7) is 1.62. The van der Waals surface area contributed by atoms with Crippen molar-refractivity contribution in [2.24, 2.45) is 0 Å². The maximum Gasteiger partial charge on any atom is 0.335 e. The van der Waals surface area contributed by atoms with Crippen molar-refractivity contribution in [3.05, 3.63) is 34.9 Å². The maximum absolute atomic E-state index is 10.6. The molecule has 0 unspecified atom stereocenters. The molecular formula is C15H22O7S2. The smallest absolute Gasteiger partial charge is 0.335 e. The summed E-state index contributed by atoms with van der Waals surface area (Å²) in [6, 6.07) is 4.01. The van der Waals surface area contributed by atoms with Crippen LogP contribution >= 0.6 is 0 Å². The Hall–Kier alpha value is -1.58. The van der Waals surface area contributed by atoms with Crippen LogP contribution in [0.15, 0.2) is 18.2 Å². The van der Waals surface area contributed by atoms with Crippen molar-refractivity contribution in [2.75, 3.05) is 24.0 Å². The monoisotopic (exact) mass is 378 g/mol. The molecule has 0 atom stereocenters. The lowest BCUT2D eigenvalue weighted by Crippen LogP contribution is -2.03. The van der Waals surface area contributed by atoms with Crippen molar-refractivity contribution in [3.8, 4) is 0 Å². The normalized spacial score (nSPS) is 14.9. The lowest BCUT2D eigenvalue weighted by Gasteiger charge is -2.01. The average Bonchev–Trinajstić information content (AvgIpc) is 2.83. The predicted molar refractivity (Wildman–Crippen MR) is 93.0 cm³/mol. The van der Waals surface area contributed by atoms with E-state index in [4.69, 9.17) is 10.2 Å². The second-order valence-electron chi connectivity index (χ2n) is 5.24.